The van der Waals surface area contributed by atoms with Crippen molar-refractivity contribution in [1.29, 1.82) is 0 Å². The monoisotopic (exact) mass is 329 g/mol. The van der Waals surface area contributed by atoms with Crippen molar-refractivity contribution >= 4 is 16.8 Å². The van der Waals surface area contributed by atoms with E-state index in [9.17, 15) is 9.59 Å². The van der Waals surface area contributed by atoms with Gasteiger partial charge in [0.1, 0.15) is 5.56 Å². The molecule has 0 aliphatic carbocycles. The van der Waals surface area contributed by atoms with Crippen molar-refractivity contribution in [3.63, 3.8) is 0 Å². The number of nitrogens with zero attached hydrogens (tertiary/aromatic N) is 1. The molecule has 1 aliphatic heterocycles. The van der Waals surface area contributed by atoms with Crippen molar-refractivity contribution in [2.75, 3.05) is 26.3 Å². The zero-order valence-corrected chi connectivity index (χ0v) is 14.0. The maximum absolute atomic E-state index is 12.5. The van der Waals surface area contributed by atoms with Gasteiger partial charge in [0, 0.05) is 42.3 Å². The number of nitrogens with one attached hydrogen (secondary N) is 2. The van der Waals surface area contributed by atoms with Crippen LogP contribution in [0.3, 0.4) is 0 Å². The van der Waals surface area contributed by atoms with Gasteiger partial charge < -0.3 is 15.0 Å². The number of aromatic amines is 1. The van der Waals surface area contributed by atoms with Gasteiger partial charge >= 0.3 is 0 Å². The summed E-state index contributed by atoms with van der Waals surface area (Å²) in [4.78, 5) is 30.2. The highest BCUT2D eigenvalue weighted by Crippen LogP contribution is 2.10. The number of rotatable bonds is 4. The van der Waals surface area contributed by atoms with E-state index < -0.39 is 0 Å². The van der Waals surface area contributed by atoms with Crippen molar-refractivity contribution in [1.82, 2.24) is 15.2 Å². The van der Waals surface area contributed by atoms with Gasteiger partial charge in [-0.15, -0.1) is 0 Å². The largest absolute Gasteiger partial charge is 0.379 e. The van der Waals surface area contributed by atoms with Crippen LogP contribution in [-0.2, 0) is 4.74 Å². The lowest BCUT2D eigenvalue weighted by Crippen LogP contribution is -2.52. The number of pyridine rings is 1. The van der Waals surface area contributed by atoms with Crippen LogP contribution in [0.25, 0.3) is 10.9 Å². The minimum Gasteiger partial charge on any atom is -0.379 e. The molecule has 2 aromatic rings. The number of H-pyrrole nitrogens is 1. The summed E-state index contributed by atoms with van der Waals surface area (Å²) < 4.78 is 5.44. The van der Waals surface area contributed by atoms with Gasteiger partial charge in [-0.3, -0.25) is 14.5 Å². The molecule has 2 unspecified atom stereocenters. The molecule has 1 aliphatic rings. The topological polar surface area (TPSA) is 74.4 Å². The first-order valence-electron chi connectivity index (χ1n) is 8.30. The summed E-state index contributed by atoms with van der Waals surface area (Å²) in [5.74, 6) is -0.338. The molecule has 2 N–H and O–H groups in total. The molecule has 1 fully saturated rings. The smallest absolute Gasteiger partial charge is 0.256 e. The van der Waals surface area contributed by atoms with Crippen LogP contribution < -0.4 is 10.7 Å². The molecule has 6 heteroatoms. The summed E-state index contributed by atoms with van der Waals surface area (Å²) in [6, 6.07) is 7.70. The first-order valence-corrected chi connectivity index (χ1v) is 8.30. The van der Waals surface area contributed by atoms with Crippen LogP contribution in [0.1, 0.15) is 24.2 Å². The number of carbonyl (C=O) groups excluding carboxylic acids is 1. The summed E-state index contributed by atoms with van der Waals surface area (Å²) in [7, 11) is 0. The third-order valence-corrected chi connectivity index (χ3v) is 4.58. The summed E-state index contributed by atoms with van der Waals surface area (Å²) in [6.45, 7) is 6.97. The Morgan fingerprint density at radius 3 is 3.04 bits per heavy atom. The first kappa shape index (κ1) is 16.7. The predicted octanol–water partition coefficient (Wildman–Crippen LogP) is 1.37. The number of carbonyl (C=O) groups is 1. The van der Waals surface area contributed by atoms with Gasteiger partial charge in [0.15, 0.2) is 0 Å². The molecule has 1 saturated heterocycles. The summed E-state index contributed by atoms with van der Waals surface area (Å²) in [5, 5.41) is 3.41. The van der Waals surface area contributed by atoms with Crippen LogP contribution in [0.15, 0.2) is 35.3 Å². The van der Waals surface area contributed by atoms with Gasteiger partial charge in [-0.1, -0.05) is 12.1 Å². The Morgan fingerprint density at radius 2 is 2.25 bits per heavy atom. The van der Waals surface area contributed by atoms with Crippen molar-refractivity contribution < 1.29 is 9.53 Å². The molecule has 1 aromatic heterocycles. The van der Waals surface area contributed by atoms with E-state index in [1.807, 2.05) is 12.1 Å². The molecular weight excluding hydrogens is 306 g/mol. The molecule has 0 saturated carbocycles. The Labute approximate surface area is 140 Å². The lowest BCUT2D eigenvalue weighted by atomic mass is 10.1. The van der Waals surface area contributed by atoms with E-state index in [0.29, 0.717) is 31.2 Å². The third kappa shape index (κ3) is 3.34. The molecular formula is C18H23N3O3. The van der Waals surface area contributed by atoms with Gasteiger partial charge in [-0.05, 0) is 26.0 Å². The zero-order valence-electron chi connectivity index (χ0n) is 14.0. The molecule has 3 rings (SSSR count). The Balaban J connectivity index is 1.69. The average Bonchev–Trinajstić information content (AvgIpc) is 2.60. The van der Waals surface area contributed by atoms with Crippen LogP contribution in [-0.4, -0.2) is 54.2 Å². The summed E-state index contributed by atoms with van der Waals surface area (Å²) in [5.41, 5.74) is 0.639. The molecule has 6 nitrogen and oxygen atoms in total. The minimum atomic E-state index is -0.338. The van der Waals surface area contributed by atoms with E-state index in [1.54, 1.807) is 12.1 Å². The Kier molecular flexibility index (Phi) is 4.97. The van der Waals surface area contributed by atoms with Crippen LogP contribution in [0.5, 0.6) is 0 Å². The fourth-order valence-corrected chi connectivity index (χ4v) is 3.18. The van der Waals surface area contributed by atoms with Gasteiger partial charge in [-0.2, -0.15) is 0 Å². The number of fused-ring (bicyclic) bond motifs is 1. The van der Waals surface area contributed by atoms with E-state index in [2.05, 4.69) is 29.0 Å². The number of morpholine rings is 1. The van der Waals surface area contributed by atoms with Gasteiger partial charge in [0.05, 0.1) is 13.2 Å². The lowest BCUT2D eigenvalue weighted by molar-refractivity contribution is -0.0178. The van der Waals surface area contributed by atoms with Crippen LogP contribution in [0.2, 0.25) is 0 Å². The van der Waals surface area contributed by atoms with Gasteiger partial charge in [0.25, 0.3) is 5.91 Å². The number of aromatic nitrogens is 1. The third-order valence-electron chi connectivity index (χ3n) is 4.58. The van der Waals surface area contributed by atoms with Crippen molar-refractivity contribution in [3.8, 4) is 0 Å². The van der Waals surface area contributed by atoms with E-state index in [4.69, 9.17) is 4.74 Å². The molecule has 0 bridgehead atoms. The first-order chi connectivity index (χ1) is 11.6. The van der Waals surface area contributed by atoms with E-state index in [0.717, 1.165) is 12.1 Å². The molecule has 1 aromatic carbocycles. The maximum atomic E-state index is 12.5. The highest BCUT2D eigenvalue weighted by atomic mass is 16.5. The second-order valence-electron chi connectivity index (χ2n) is 6.30. The maximum Gasteiger partial charge on any atom is 0.256 e. The van der Waals surface area contributed by atoms with Gasteiger partial charge in [-0.25, -0.2) is 0 Å². The molecule has 2 heterocycles. The average molecular weight is 329 g/mol. The quantitative estimate of drug-likeness (QED) is 0.888. The van der Waals surface area contributed by atoms with Crippen molar-refractivity contribution in [3.05, 3.63) is 46.2 Å². The van der Waals surface area contributed by atoms with E-state index >= 15 is 0 Å². The minimum absolute atomic E-state index is 0.149. The molecule has 128 valence electrons. The number of benzene rings is 1. The number of hydrogen-bond acceptors (Lipinski definition) is 4. The highest BCUT2D eigenvalue weighted by molar-refractivity contribution is 5.97. The second kappa shape index (κ2) is 7.15. The van der Waals surface area contributed by atoms with Crippen LogP contribution in [0, 0.1) is 0 Å². The molecule has 0 radical (unpaired) electrons. The number of ether oxygens (including phenoxy) is 1. The van der Waals surface area contributed by atoms with Crippen LogP contribution >= 0.6 is 0 Å². The summed E-state index contributed by atoms with van der Waals surface area (Å²) >= 11 is 0. The summed E-state index contributed by atoms with van der Waals surface area (Å²) in [6.07, 6.45) is 1.49. The molecule has 1 amide bonds. The lowest BCUT2D eigenvalue weighted by Gasteiger charge is -2.37. The standard InChI is InChI=1S/C18H23N3O3/c1-12(21-7-8-24-11-13(21)2)9-20-18(23)15-10-19-16-6-4-3-5-14(16)17(15)22/h3-6,10,12-13H,7-9,11H2,1-2H3,(H,19,22)(H,20,23). The molecule has 2 atom stereocenters. The van der Waals surface area contributed by atoms with Crippen LogP contribution in [0.4, 0.5) is 0 Å². The number of hydrogen-bond donors (Lipinski definition) is 2. The zero-order chi connectivity index (χ0) is 17.1. The molecule has 24 heavy (non-hydrogen) atoms. The van der Waals surface area contributed by atoms with Crippen molar-refractivity contribution in [2.24, 2.45) is 0 Å². The predicted molar refractivity (Wildman–Crippen MR) is 93.4 cm³/mol. The number of amides is 1. The SMILES string of the molecule is CC(CNC(=O)c1c[nH]c2ccccc2c1=O)N1CCOCC1C. The highest BCUT2D eigenvalue weighted by Gasteiger charge is 2.24. The van der Waals surface area contributed by atoms with E-state index in [1.165, 1.54) is 6.20 Å². The second-order valence-corrected chi connectivity index (χ2v) is 6.30. The Morgan fingerprint density at radius 1 is 1.46 bits per heavy atom. The fraction of sp³-hybridized carbons (Fsp3) is 0.444. The normalized spacial score (nSPS) is 20.0. The van der Waals surface area contributed by atoms with Gasteiger partial charge in [0.2, 0.25) is 5.43 Å². The van der Waals surface area contributed by atoms with Crippen molar-refractivity contribution in [2.45, 2.75) is 25.9 Å². The molecule has 0 spiro atoms. The Bertz CT molecular complexity index is 786. The Hall–Kier alpha value is -2.18. The number of para-hydroxylation sites is 1. The fourth-order valence-electron chi connectivity index (χ4n) is 3.18. The van der Waals surface area contributed by atoms with E-state index in [-0.39, 0.29) is 22.9 Å².